The molecule has 0 saturated heterocycles. The molecule has 0 aliphatic carbocycles. The van der Waals surface area contributed by atoms with E-state index in [0.717, 1.165) is 30.1 Å². The van der Waals surface area contributed by atoms with E-state index in [-0.39, 0.29) is 8.81 Å². The summed E-state index contributed by atoms with van der Waals surface area (Å²) in [4.78, 5) is 0. The molecule has 0 radical (unpaired) electrons. The molecule has 0 bridgehead atoms. The van der Waals surface area contributed by atoms with Crippen LogP contribution in [0.2, 0.25) is 0 Å². The first-order valence-electron chi connectivity index (χ1n) is 16.7. The minimum atomic E-state index is -0.533. The first-order valence-corrected chi connectivity index (χ1v) is 17.6. The van der Waals surface area contributed by atoms with E-state index < -0.39 is 6.03 Å². The van der Waals surface area contributed by atoms with E-state index in [9.17, 15) is 0 Å². The Balaban J connectivity index is 1.47. The highest BCUT2D eigenvalue weighted by Gasteiger charge is 2.15. The van der Waals surface area contributed by atoms with E-state index in [1.807, 2.05) is 12.1 Å². The maximum absolute atomic E-state index is 6.30. The zero-order valence-electron chi connectivity index (χ0n) is 26.5. The van der Waals surface area contributed by atoms with Crippen LogP contribution in [0.25, 0.3) is 0 Å². The molecule has 0 heterocycles. The van der Waals surface area contributed by atoms with Gasteiger partial charge in [-0.3, -0.25) is 0 Å². The Labute approximate surface area is 258 Å². The number of aryl methyl sites for hydroxylation is 3. The summed E-state index contributed by atoms with van der Waals surface area (Å²) in [6.45, 7) is 6.62. The maximum Gasteiger partial charge on any atom is 0.291 e. The Bertz CT molecular complexity index is 1060. The Kier molecular flexibility index (Phi) is 17.2. The Morgan fingerprint density at radius 1 is 0.476 bits per heavy atom. The van der Waals surface area contributed by atoms with Gasteiger partial charge in [-0.15, -0.1) is 0 Å². The number of benzene rings is 3. The molecule has 3 rings (SSSR count). The topological polar surface area (TPSA) is 27.7 Å². The standard InChI is InChI=1S/C38H55O3P/c1-4-6-8-10-12-14-16-18-33-22-28-36(29-23-33)40-38(39-35-26-20-32(3)21-27-35)42-41-37-30-24-34(25-31-37)19-17-15-13-11-9-7-5-2/h20-31,38,42H,4-19H2,1-3H3. The van der Waals surface area contributed by atoms with Gasteiger partial charge in [-0.25, -0.2) is 0 Å². The van der Waals surface area contributed by atoms with Crippen molar-refractivity contribution in [2.24, 2.45) is 0 Å². The molecule has 2 atom stereocenters. The van der Waals surface area contributed by atoms with Gasteiger partial charge in [-0.1, -0.05) is 133 Å². The molecule has 2 unspecified atom stereocenters. The van der Waals surface area contributed by atoms with Gasteiger partial charge in [0.05, 0.1) is 0 Å². The summed E-state index contributed by atoms with van der Waals surface area (Å²) in [5, 5.41) is 0. The van der Waals surface area contributed by atoms with Gasteiger partial charge in [0.2, 0.25) is 0 Å². The lowest BCUT2D eigenvalue weighted by atomic mass is 10.0. The van der Waals surface area contributed by atoms with Crippen LogP contribution < -0.4 is 14.0 Å². The van der Waals surface area contributed by atoms with E-state index in [1.54, 1.807) is 0 Å². The predicted molar refractivity (Wildman–Crippen MR) is 181 cm³/mol. The lowest BCUT2D eigenvalue weighted by Gasteiger charge is -2.21. The monoisotopic (exact) mass is 590 g/mol. The molecule has 3 nitrogen and oxygen atoms in total. The number of unbranched alkanes of at least 4 members (excludes halogenated alkanes) is 12. The summed E-state index contributed by atoms with van der Waals surface area (Å²) >= 11 is 0. The zero-order valence-corrected chi connectivity index (χ0v) is 27.5. The van der Waals surface area contributed by atoms with Gasteiger partial charge < -0.3 is 14.0 Å². The Morgan fingerprint density at radius 2 is 0.857 bits per heavy atom. The second-order valence-corrected chi connectivity index (χ2v) is 12.5. The second kappa shape index (κ2) is 21.2. The first-order chi connectivity index (χ1) is 20.7. The van der Waals surface area contributed by atoms with Crippen molar-refractivity contribution in [2.75, 3.05) is 0 Å². The number of ether oxygens (including phenoxy) is 2. The van der Waals surface area contributed by atoms with Gasteiger partial charge in [-0.05, 0) is 80.1 Å². The SMILES string of the molecule is CCCCCCCCCc1ccc(OPC(Oc2ccc(C)cc2)Oc2ccc(CCCCCCCCC)cc2)cc1. The van der Waals surface area contributed by atoms with Crippen molar-refractivity contribution >= 4 is 8.81 Å². The van der Waals surface area contributed by atoms with E-state index in [4.69, 9.17) is 14.0 Å². The zero-order chi connectivity index (χ0) is 29.7. The van der Waals surface area contributed by atoms with Crippen LogP contribution in [0.5, 0.6) is 17.2 Å². The molecule has 3 aromatic rings. The average molecular weight is 591 g/mol. The summed E-state index contributed by atoms with van der Waals surface area (Å²) in [6, 6.07) is 24.6. The van der Waals surface area contributed by atoms with Crippen molar-refractivity contribution in [1.82, 2.24) is 0 Å². The van der Waals surface area contributed by atoms with Crippen molar-refractivity contribution in [3.05, 3.63) is 89.5 Å². The smallest absolute Gasteiger partial charge is 0.291 e. The maximum atomic E-state index is 6.30. The van der Waals surface area contributed by atoms with E-state index in [2.05, 4.69) is 81.4 Å². The molecule has 0 spiro atoms. The van der Waals surface area contributed by atoms with E-state index in [1.165, 1.54) is 107 Å². The Morgan fingerprint density at radius 3 is 1.31 bits per heavy atom. The molecule has 0 aromatic heterocycles. The van der Waals surface area contributed by atoms with Crippen molar-refractivity contribution < 1.29 is 14.0 Å². The molecule has 0 saturated carbocycles. The summed E-state index contributed by atoms with van der Waals surface area (Å²) < 4.78 is 18.7. The first kappa shape index (κ1) is 34.0. The van der Waals surface area contributed by atoms with Crippen molar-refractivity contribution in [3.8, 4) is 17.2 Å². The average Bonchev–Trinajstić information content (AvgIpc) is 3.01. The van der Waals surface area contributed by atoms with Gasteiger partial charge in [-0.2, -0.15) is 0 Å². The number of rotatable bonds is 23. The van der Waals surface area contributed by atoms with Crippen LogP contribution >= 0.6 is 8.81 Å². The normalized spacial score (nSPS) is 12.1. The molecule has 0 fully saturated rings. The van der Waals surface area contributed by atoms with E-state index >= 15 is 0 Å². The minimum Gasteiger partial charge on any atom is -0.469 e. The highest BCUT2D eigenvalue weighted by molar-refractivity contribution is 7.33. The second-order valence-electron chi connectivity index (χ2n) is 11.6. The molecular formula is C38H55O3P. The third kappa shape index (κ3) is 14.6. The van der Waals surface area contributed by atoms with Crippen LogP contribution in [0.1, 0.15) is 120 Å². The van der Waals surface area contributed by atoms with Crippen LogP contribution in [0.4, 0.5) is 0 Å². The van der Waals surface area contributed by atoms with Gasteiger partial charge >= 0.3 is 0 Å². The van der Waals surface area contributed by atoms with Crippen LogP contribution in [-0.2, 0) is 12.8 Å². The van der Waals surface area contributed by atoms with Gasteiger partial charge in [0.1, 0.15) is 17.2 Å². The largest absolute Gasteiger partial charge is 0.469 e. The fraction of sp³-hybridized carbons (Fsp3) is 0.526. The summed E-state index contributed by atoms with van der Waals surface area (Å²) in [6.07, 6.45) is 21.0. The summed E-state index contributed by atoms with van der Waals surface area (Å²) in [7, 11) is -0.00141. The molecule has 0 aliphatic heterocycles. The molecule has 4 heteroatoms. The fourth-order valence-corrected chi connectivity index (χ4v) is 5.82. The third-order valence-corrected chi connectivity index (χ3v) is 8.55. The van der Waals surface area contributed by atoms with Crippen molar-refractivity contribution in [1.29, 1.82) is 0 Å². The molecule has 230 valence electrons. The molecule has 3 aromatic carbocycles. The van der Waals surface area contributed by atoms with Crippen molar-refractivity contribution in [2.45, 2.75) is 130 Å². The predicted octanol–water partition coefficient (Wildman–Crippen LogP) is 12.0. The highest BCUT2D eigenvalue weighted by atomic mass is 31.1. The number of hydrogen-bond donors (Lipinski definition) is 0. The van der Waals surface area contributed by atoms with Crippen LogP contribution in [0, 0.1) is 6.92 Å². The number of hydrogen-bond acceptors (Lipinski definition) is 3. The Hall–Kier alpha value is -2.51. The van der Waals surface area contributed by atoms with Crippen LogP contribution in [0.3, 0.4) is 0 Å². The van der Waals surface area contributed by atoms with Gasteiger partial charge in [0.15, 0.2) is 8.81 Å². The molecule has 0 amide bonds. The third-order valence-electron chi connectivity index (χ3n) is 7.76. The van der Waals surface area contributed by atoms with E-state index in [0.29, 0.717) is 0 Å². The quantitative estimate of drug-likeness (QED) is 0.0624. The van der Waals surface area contributed by atoms with Crippen molar-refractivity contribution in [3.63, 3.8) is 0 Å². The van der Waals surface area contributed by atoms with Crippen LogP contribution in [0.15, 0.2) is 72.8 Å². The molecule has 0 N–H and O–H groups in total. The lowest BCUT2D eigenvalue weighted by Crippen LogP contribution is -2.19. The molecule has 42 heavy (non-hydrogen) atoms. The highest BCUT2D eigenvalue weighted by Crippen LogP contribution is 2.30. The van der Waals surface area contributed by atoms with Gasteiger partial charge in [0, 0.05) is 0 Å². The lowest BCUT2D eigenvalue weighted by molar-refractivity contribution is 0.0761. The molecular weight excluding hydrogens is 535 g/mol. The molecule has 0 aliphatic rings. The fourth-order valence-electron chi connectivity index (χ4n) is 5.08. The summed E-state index contributed by atoms with van der Waals surface area (Å²) in [5.41, 5.74) is 3.94. The minimum absolute atomic E-state index is 0.00141. The van der Waals surface area contributed by atoms with Gasteiger partial charge in [0.25, 0.3) is 6.03 Å². The summed E-state index contributed by atoms with van der Waals surface area (Å²) in [5.74, 6) is 2.43. The van der Waals surface area contributed by atoms with Crippen LogP contribution in [-0.4, -0.2) is 6.03 Å².